The van der Waals surface area contributed by atoms with Crippen LogP contribution in [0.5, 0.6) is 5.75 Å². The van der Waals surface area contributed by atoms with E-state index in [2.05, 4.69) is 15.3 Å². The average molecular weight is 269 g/mol. The van der Waals surface area contributed by atoms with E-state index in [1.54, 1.807) is 0 Å². The van der Waals surface area contributed by atoms with Gasteiger partial charge in [0.2, 0.25) is 0 Å². The van der Waals surface area contributed by atoms with Gasteiger partial charge in [0.05, 0.1) is 5.69 Å². The molecule has 1 aliphatic heterocycles. The van der Waals surface area contributed by atoms with Crippen LogP contribution < -0.4 is 10.1 Å². The van der Waals surface area contributed by atoms with Gasteiger partial charge in [0.1, 0.15) is 18.7 Å². The van der Waals surface area contributed by atoms with Gasteiger partial charge in [-0.1, -0.05) is 0 Å². The quantitative estimate of drug-likeness (QED) is 0.920. The molecule has 0 aliphatic carbocycles. The van der Waals surface area contributed by atoms with Gasteiger partial charge in [0.25, 0.3) is 5.91 Å². The molecule has 0 radical (unpaired) electrons. The molecule has 0 fully saturated rings. The smallest absolute Gasteiger partial charge is 0.251 e. The molecule has 0 spiro atoms. The summed E-state index contributed by atoms with van der Waals surface area (Å²) in [4.78, 5) is 19.8. The molecule has 5 nitrogen and oxygen atoms in total. The lowest BCUT2D eigenvalue weighted by Gasteiger charge is -2.17. The third-order valence-electron chi connectivity index (χ3n) is 3.25. The molecule has 2 heterocycles. The number of rotatable bonds is 3. The second-order valence-corrected chi connectivity index (χ2v) is 4.76. The zero-order chi connectivity index (χ0) is 13.9. The van der Waals surface area contributed by atoms with Crippen molar-refractivity contribution in [2.75, 3.05) is 6.54 Å². The molecule has 5 heteroatoms. The molecule has 1 aromatic heterocycles. The summed E-state index contributed by atoms with van der Waals surface area (Å²) >= 11 is 0. The lowest BCUT2D eigenvalue weighted by atomic mass is 10.0. The standard InChI is InChI=1S/C15H15N3O2/c1-10-6-12(18-9-17-10)8-20-13-2-3-14-11(7-13)4-5-16-15(14)19/h2-3,6-7,9H,4-5,8H2,1H3,(H,16,19). The number of amides is 1. The van der Waals surface area contributed by atoms with Crippen molar-refractivity contribution >= 4 is 5.91 Å². The van der Waals surface area contributed by atoms with Crippen LogP contribution in [0.25, 0.3) is 0 Å². The summed E-state index contributed by atoms with van der Waals surface area (Å²) in [5.41, 5.74) is 3.53. The molecule has 1 N–H and O–H groups in total. The van der Waals surface area contributed by atoms with Crippen LogP contribution >= 0.6 is 0 Å². The fraction of sp³-hybridized carbons (Fsp3) is 0.267. The number of ether oxygens (including phenoxy) is 1. The third kappa shape index (κ3) is 2.61. The van der Waals surface area contributed by atoms with Crippen molar-refractivity contribution in [2.24, 2.45) is 0 Å². The zero-order valence-corrected chi connectivity index (χ0v) is 11.2. The molecule has 3 rings (SSSR count). The van der Waals surface area contributed by atoms with Gasteiger partial charge in [0, 0.05) is 17.8 Å². The number of hydrogen-bond donors (Lipinski definition) is 1. The minimum Gasteiger partial charge on any atom is -0.487 e. The first-order valence-corrected chi connectivity index (χ1v) is 6.54. The first-order chi connectivity index (χ1) is 9.72. The minimum absolute atomic E-state index is 0.00998. The number of nitrogens with zero attached hydrogens (tertiary/aromatic N) is 2. The number of benzene rings is 1. The SMILES string of the molecule is Cc1cc(COc2ccc3c(c2)CCNC3=O)ncn1. The van der Waals surface area contributed by atoms with Crippen LogP contribution in [0.3, 0.4) is 0 Å². The number of hydrogen-bond acceptors (Lipinski definition) is 4. The molecule has 20 heavy (non-hydrogen) atoms. The van der Waals surface area contributed by atoms with E-state index in [1.165, 1.54) is 6.33 Å². The van der Waals surface area contributed by atoms with Gasteiger partial charge in [-0.3, -0.25) is 4.79 Å². The fourth-order valence-corrected chi connectivity index (χ4v) is 2.24. The lowest BCUT2D eigenvalue weighted by Crippen LogP contribution is -2.31. The summed E-state index contributed by atoms with van der Waals surface area (Å²) in [6.45, 7) is 3.00. The van der Waals surface area contributed by atoms with E-state index >= 15 is 0 Å². The van der Waals surface area contributed by atoms with Crippen molar-refractivity contribution in [3.63, 3.8) is 0 Å². The van der Waals surface area contributed by atoms with Crippen LogP contribution in [-0.2, 0) is 13.0 Å². The maximum absolute atomic E-state index is 11.6. The fourth-order valence-electron chi connectivity index (χ4n) is 2.24. The molecule has 0 saturated carbocycles. The molecule has 0 bridgehead atoms. The Hall–Kier alpha value is -2.43. The third-order valence-corrected chi connectivity index (χ3v) is 3.25. The second-order valence-electron chi connectivity index (χ2n) is 4.76. The molecule has 2 aromatic rings. The van der Waals surface area contributed by atoms with Crippen molar-refractivity contribution in [3.8, 4) is 5.75 Å². The summed E-state index contributed by atoms with van der Waals surface area (Å²) in [6, 6.07) is 7.45. The summed E-state index contributed by atoms with van der Waals surface area (Å²) in [6.07, 6.45) is 2.37. The maximum atomic E-state index is 11.6. The summed E-state index contributed by atoms with van der Waals surface area (Å²) in [5, 5.41) is 2.83. The predicted molar refractivity (Wildman–Crippen MR) is 73.6 cm³/mol. The van der Waals surface area contributed by atoms with E-state index < -0.39 is 0 Å². The van der Waals surface area contributed by atoms with E-state index in [-0.39, 0.29) is 5.91 Å². The Labute approximate surface area is 117 Å². The first-order valence-electron chi connectivity index (χ1n) is 6.54. The Kier molecular flexibility index (Phi) is 3.33. The molecule has 1 aromatic carbocycles. The summed E-state index contributed by atoms with van der Waals surface area (Å²) in [5.74, 6) is 0.749. The molecule has 0 atom stereocenters. The van der Waals surface area contributed by atoms with Crippen LogP contribution in [0.4, 0.5) is 0 Å². The van der Waals surface area contributed by atoms with Crippen LogP contribution in [0.2, 0.25) is 0 Å². The van der Waals surface area contributed by atoms with E-state index in [0.717, 1.165) is 34.7 Å². The van der Waals surface area contributed by atoms with Gasteiger partial charge in [-0.05, 0) is 43.2 Å². The summed E-state index contributed by atoms with van der Waals surface area (Å²) < 4.78 is 5.73. The van der Waals surface area contributed by atoms with Gasteiger partial charge >= 0.3 is 0 Å². The minimum atomic E-state index is -0.00998. The van der Waals surface area contributed by atoms with Crippen molar-refractivity contribution in [1.29, 1.82) is 0 Å². The largest absolute Gasteiger partial charge is 0.487 e. The number of nitrogens with one attached hydrogen (secondary N) is 1. The van der Waals surface area contributed by atoms with E-state index in [4.69, 9.17) is 4.74 Å². The van der Waals surface area contributed by atoms with Gasteiger partial charge in [-0.2, -0.15) is 0 Å². The van der Waals surface area contributed by atoms with Crippen LogP contribution in [-0.4, -0.2) is 22.4 Å². The van der Waals surface area contributed by atoms with Crippen LogP contribution in [0.15, 0.2) is 30.6 Å². The van der Waals surface area contributed by atoms with Gasteiger partial charge in [-0.25, -0.2) is 9.97 Å². The normalized spacial score (nSPS) is 13.6. The van der Waals surface area contributed by atoms with E-state index in [9.17, 15) is 4.79 Å². The highest BCUT2D eigenvalue weighted by molar-refractivity contribution is 5.96. The van der Waals surface area contributed by atoms with E-state index in [0.29, 0.717) is 13.2 Å². The Bertz CT molecular complexity index is 655. The molecule has 1 aliphatic rings. The topological polar surface area (TPSA) is 64.1 Å². The van der Waals surface area contributed by atoms with Crippen molar-refractivity contribution in [2.45, 2.75) is 20.0 Å². The maximum Gasteiger partial charge on any atom is 0.251 e. The van der Waals surface area contributed by atoms with E-state index in [1.807, 2.05) is 31.2 Å². The molecular formula is C15H15N3O2. The molecular weight excluding hydrogens is 254 g/mol. The summed E-state index contributed by atoms with van der Waals surface area (Å²) in [7, 11) is 0. The Balaban J connectivity index is 1.74. The molecule has 102 valence electrons. The van der Waals surface area contributed by atoms with Gasteiger partial charge in [0.15, 0.2) is 0 Å². The number of aryl methyl sites for hydroxylation is 1. The van der Waals surface area contributed by atoms with Gasteiger partial charge < -0.3 is 10.1 Å². The highest BCUT2D eigenvalue weighted by atomic mass is 16.5. The van der Waals surface area contributed by atoms with Crippen molar-refractivity contribution < 1.29 is 9.53 Å². The van der Waals surface area contributed by atoms with Crippen molar-refractivity contribution in [3.05, 3.63) is 53.1 Å². The molecule has 0 saturated heterocycles. The highest BCUT2D eigenvalue weighted by Crippen LogP contribution is 2.21. The lowest BCUT2D eigenvalue weighted by molar-refractivity contribution is 0.0946. The second kappa shape index (κ2) is 5.28. The van der Waals surface area contributed by atoms with Crippen molar-refractivity contribution in [1.82, 2.24) is 15.3 Å². The first kappa shape index (κ1) is 12.6. The Morgan fingerprint density at radius 3 is 3.05 bits per heavy atom. The number of carbonyl (C=O) groups excluding carboxylic acids is 1. The van der Waals surface area contributed by atoms with Crippen LogP contribution in [0.1, 0.15) is 27.3 Å². The zero-order valence-electron chi connectivity index (χ0n) is 11.2. The Morgan fingerprint density at radius 2 is 2.20 bits per heavy atom. The van der Waals surface area contributed by atoms with Gasteiger partial charge in [-0.15, -0.1) is 0 Å². The number of fused-ring (bicyclic) bond motifs is 1. The average Bonchev–Trinajstić information content (AvgIpc) is 2.45. The Morgan fingerprint density at radius 1 is 1.30 bits per heavy atom. The predicted octanol–water partition coefficient (Wildman–Crippen LogP) is 1.65. The monoisotopic (exact) mass is 269 g/mol. The highest BCUT2D eigenvalue weighted by Gasteiger charge is 2.16. The van der Waals surface area contributed by atoms with Crippen LogP contribution in [0, 0.1) is 6.92 Å². The number of carbonyl (C=O) groups is 1. The number of aromatic nitrogens is 2. The molecule has 0 unspecified atom stereocenters. The molecule has 1 amide bonds.